The zero-order valence-corrected chi connectivity index (χ0v) is 13.3. The van der Waals surface area contributed by atoms with E-state index in [0.29, 0.717) is 18.5 Å². The van der Waals surface area contributed by atoms with E-state index in [0.717, 1.165) is 5.75 Å². The molecule has 1 saturated heterocycles. The Morgan fingerprint density at radius 3 is 2.27 bits per heavy atom. The van der Waals surface area contributed by atoms with Crippen molar-refractivity contribution in [3.63, 3.8) is 0 Å². The second kappa shape index (κ2) is 6.17. The minimum absolute atomic E-state index is 0.214. The van der Waals surface area contributed by atoms with Gasteiger partial charge in [-0.1, -0.05) is 13.8 Å². The molecule has 1 heterocycles. The molecule has 1 aliphatic heterocycles. The summed E-state index contributed by atoms with van der Waals surface area (Å²) in [7, 11) is 3.22. The van der Waals surface area contributed by atoms with Crippen molar-refractivity contribution in [2.75, 3.05) is 14.2 Å². The van der Waals surface area contributed by atoms with Crippen molar-refractivity contribution in [1.82, 2.24) is 10.2 Å². The first-order valence-electron chi connectivity index (χ1n) is 7.30. The summed E-state index contributed by atoms with van der Waals surface area (Å²) in [5.74, 6) is 0.469. The third-order valence-electron chi connectivity index (χ3n) is 4.21. The Balaban J connectivity index is 2.32. The predicted octanol–water partition coefficient (Wildman–Crippen LogP) is 2.08. The van der Waals surface area contributed by atoms with Crippen molar-refractivity contribution >= 4 is 23.5 Å². The minimum atomic E-state index is -0.992. The first-order valence-corrected chi connectivity index (χ1v) is 7.30. The van der Waals surface area contributed by atoms with Gasteiger partial charge in [-0.15, -0.1) is 0 Å². The Labute approximate surface area is 130 Å². The second-order valence-corrected chi connectivity index (χ2v) is 5.24. The van der Waals surface area contributed by atoms with Crippen molar-refractivity contribution in [2.45, 2.75) is 26.7 Å². The van der Waals surface area contributed by atoms with E-state index in [9.17, 15) is 9.59 Å². The molecule has 2 amide bonds. The molecular weight excluding hydrogens is 282 g/mol. The summed E-state index contributed by atoms with van der Waals surface area (Å²) in [6.45, 7) is 3.70. The van der Waals surface area contributed by atoms with E-state index in [1.54, 1.807) is 38.4 Å². The topological polar surface area (TPSA) is 71.0 Å². The van der Waals surface area contributed by atoms with E-state index in [4.69, 9.17) is 4.74 Å². The summed E-state index contributed by atoms with van der Waals surface area (Å²) in [4.78, 5) is 30.7. The van der Waals surface area contributed by atoms with E-state index < -0.39 is 5.41 Å². The highest BCUT2D eigenvalue weighted by Gasteiger charge is 2.49. The van der Waals surface area contributed by atoms with Crippen LogP contribution in [-0.2, 0) is 9.59 Å². The molecule has 1 aromatic carbocycles. The highest BCUT2D eigenvalue weighted by molar-refractivity contribution is 6.20. The van der Waals surface area contributed by atoms with E-state index in [1.807, 2.05) is 13.8 Å². The van der Waals surface area contributed by atoms with Crippen LogP contribution in [0.4, 0.5) is 5.69 Å². The van der Waals surface area contributed by atoms with Crippen molar-refractivity contribution in [3.8, 4) is 5.75 Å². The zero-order valence-electron chi connectivity index (χ0n) is 13.3. The predicted molar refractivity (Wildman–Crippen MR) is 84.0 cm³/mol. The standard InChI is InChI=1S/C16H21N3O3/c1-5-16(6-2)13(20)18-15(19(3)14(16)21)17-11-7-9-12(22-4)10-8-11/h7-10H,5-6H2,1-4H3,(H,17,18,20). The maximum absolute atomic E-state index is 12.6. The molecular formula is C16H21N3O3. The SMILES string of the molecule is CCC1(CC)C(=O)NC(=Nc2ccc(OC)cc2)N(C)C1=O. The zero-order chi connectivity index (χ0) is 16.3. The number of rotatable bonds is 4. The summed E-state index contributed by atoms with van der Waals surface area (Å²) in [5.41, 5.74) is -0.357. The van der Waals surface area contributed by atoms with Gasteiger partial charge >= 0.3 is 0 Å². The molecule has 0 bridgehead atoms. The number of nitrogens with one attached hydrogen (secondary N) is 1. The van der Waals surface area contributed by atoms with E-state index in [-0.39, 0.29) is 17.8 Å². The lowest BCUT2D eigenvalue weighted by Gasteiger charge is -2.38. The molecule has 2 rings (SSSR count). The molecule has 0 spiro atoms. The minimum Gasteiger partial charge on any atom is -0.497 e. The van der Waals surface area contributed by atoms with Gasteiger partial charge in [0.25, 0.3) is 0 Å². The van der Waals surface area contributed by atoms with Gasteiger partial charge in [0.1, 0.15) is 11.2 Å². The molecule has 6 heteroatoms. The van der Waals surface area contributed by atoms with Gasteiger partial charge in [0.05, 0.1) is 12.8 Å². The fourth-order valence-corrected chi connectivity index (χ4v) is 2.57. The van der Waals surface area contributed by atoms with Crippen LogP contribution in [0.3, 0.4) is 0 Å². The number of guanidine groups is 1. The summed E-state index contributed by atoms with van der Waals surface area (Å²) in [5, 5.41) is 2.75. The molecule has 22 heavy (non-hydrogen) atoms. The third-order valence-corrected chi connectivity index (χ3v) is 4.21. The van der Waals surface area contributed by atoms with Gasteiger partial charge in [-0.05, 0) is 37.1 Å². The van der Waals surface area contributed by atoms with Crippen molar-refractivity contribution in [1.29, 1.82) is 0 Å². The molecule has 0 saturated carbocycles. The van der Waals surface area contributed by atoms with Crippen LogP contribution in [0.5, 0.6) is 5.75 Å². The van der Waals surface area contributed by atoms with Gasteiger partial charge in [-0.25, -0.2) is 4.99 Å². The van der Waals surface area contributed by atoms with Crippen LogP contribution in [0.25, 0.3) is 0 Å². The molecule has 0 aromatic heterocycles. The quantitative estimate of drug-likeness (QED) is 0.866. The Kier molecular flexibility index (Phi) is 4.49. The Bertz CT molecular complexity index is 604. The Morgan fingerprint density at radius 1 is 1.18 bits per heavy atom. The van der Waals surface area contributed by atoms with Crippen LogP contribution in [0.15, 0.2) is 29.3 Å². The fourth-order valence-electron chi connectivity index (χ4n) is 2.57. The highest BCUT2D eigenvalue weighted by atomic mass is 16.5. The normalized spacial score (nSPS) is 19.3. The van der Waals surface area contributed by atoms with Gasteiger partial charge in [-0.2, -0.15) is 0 Å². The van der Waals surface area contributed by atoms with E-state index in [1.165, 1.54) is 4.90 Å². The number of carbonyl (C=O) groups excluding carboxylic acids is 2. The molecule has 1 aromatic rings. The summed E-state index contributed by atoms with van der Waals surface area (Å²) >= 11 is 0. The molecule has 6 nitrogen and oxygen atoms in total. The fraction of sp³-hybridized carbons (Fsp3) is 0.438. The van der Waals surface area contributed by atoms with Crippen molar-refractivity contribution in [3.05, 3.63) is 24.3 Å². The first-order chi connectivity index (χ1) is 10.5. The number of hydrogen-bond donors (Lipinski definition) is 1. The number of carbonyl (C=O) groups is 2. The lowest BCUT2D eigenvalue weighted by molar-refractivity contribution is -0.150. The van der Waals surface area contributed by atoms with Gasteiger partial charge in [0.2, 0.25) is 17.8 Å². The highest BCUT2D eigenvalue weighted by Crippen LogP contribution is 2.32. The molecule has 118 valence electrons. The average molecular weight is 303 g/mol. The molecule has 1 N–H and O–H groups in total. The molecule has 0 unspecified atom stereocenters. The molecule has 0 aliphatic carbocycles. The monoisotopic (exact) mass is 303 g/mol. The molecule has 0 radical (unpaired) electrons. The smallest absolute Gasteiger partial charge is 0.244 e. The van der Waals surface area contributed by atoms with Gasteiger partial charge < -0.3 is 4.74 Å². The van der Waals surface area contributed by atoms with Crippen LogP contribution in [0.1, 0.15) is 26.7 Å². The lowest BCUT2D eigenvalue weighted by Crippen LogP contribution is -2.62. The number of nitrogens with zero attached hydrogens (tertiary/aromatic N) is 2. The van der Waals surface area contributed by atoms with Crippen LogP contribution < -0.4 is 10.1 Å². The second-order valence-electron chi connectivity index (χ2n) is 5.24. The number of ether oxygens (including phenoxy) is 1. The number of hydrogen-bond acceptors (Lipinski definition) is 4. The maximum Gasteiger partial charge on any atom is 0.244 e. The van der Waals surface area contributed by atoms with E-state index in [2.05, 4.69) is 10.3 Å². The van der Waals surface area contributed by atoms with Crippen LogP contribution in [0, 0.1) is 5.41 Å². The lowest BCUT2D eigenvalue weighted by atomic mass is 9.79. The number of benzene rings is 1. The summed E-state index contributed by atoms with van der Waals surface area (Å²) < 4.78 is 5.09. The average Bonchev–Trinajstić information content (AvgIpc) is 2.54. The van der Waals surface area contributed by atoms with Crippen LogP contribution >= 0.6 is 0 Å². The maximum atomic E-state index is 12.6. The summed E-state index contributed by atoms with van der Waals surface area (Å²) in [6.07, 6.45) is 0.933. The van der Waals surface area contributed by atoms with Gasteiger partial charge in [-0.3, -0.25) is 19.8 Å². The van der Waals surface area contributed by atoms with Crippen molar-refractivity contribution in [2.24, 2.45) is 10.4 Å². The summed E-state index contributed by atoms with van der Waals surface area (Å²) in [6, 6.07) is 7.07. The van der Waals surface area contributed by atoms with E-state index >= 15 is 0 Å². The number of methoxy groups -OCH3 is 1. The first kappa shape index (κ1) is 16.0. The van der Waals surface area contributed by atoms with Crippen LogP contribution in [-0.4, -0.2) is 36.8 Å². The van der Waals surface area contributed by atoms with Crippen LogP contribution in [0.2, 0.25) is 0 Å². The molecule has 1 aliphatic rings. The molecule has 1 fully saturated rings. The largest absolute Gasteiger partial charge is 0.497 e. The number of amides is 2. The Morgan fingerprint density at radius 2 is 1.77 bits per heavy atom. The molecule has 0 atom stereocenters. The Hall–Kier alpha value is -2.37. The number of aliphatic imine (C=N–C) groups is 1. The van der Waals surface area contributed by atoms with Gasteiger partial charge in [0.15, 0.2) is 0 Å². The third kappa shape index (κ3) is 2.56. The van der Waals surface area contributed by atoms with Gasteiger partial charge in [0, 0.05) is 7.05 Å². The van der Waals surface area contributed by atoms with Crippen molar-refractivity contribution < 1.29 is 14.3 Å².